The molecule has 0 radical (unpaired) electrons. The first-order valence-corrected chi connectivity index (χ1v) is 8.93. The molecule has 3 aliphatic rings. The summed E-state index contributed by atoms with van der Waals surface area (Å²) in [5.41, 5.74) is 2.89. The van der Waals surface area contributed by atoms with E-state index in [4.69, 9.17) is 5.11 Å². The minimum absolute atomic E-state index is 0. The first-order chi connectivity index (χ1) is 11.6. The molecule has 1 amide bonds. The smallest absolute Gasteiger partial charge is 1.00 e. The molecule has 0 aromatic carbocycles. The summed E-state index contributed by atoms with van der Waals surface area (Å²) < 4.78 is 2.15. The fourth-order valence-corrected chi connectivity index (χ4v) is 5.08. The third-order valence-corrected chi connectivity index (χ3v) is 6.20. The van der Waals surface area contributed by atoms with Crippen LogP contribution in [0.5, 0.6) is 0 Å². The number of imidazole rings is 1. The van der Waals surface area contributed by atoms with E-state index < -0.39 is 5.97 Å². The van der Waals surface area contributed by atoms with Gasteiger partial charge in [0.2, 0.25) is 0 Å². The van der Waals surface area contributed by atoms with Crippen LogP contribution in [0.2, 0.25) is 0 Å². The van der Waals surface area contributed by atoms with Crippen LogP contribution in [0.25, 0.3) is 11.0 Å². The molecule has 0 spiro atoms. The Bertz CT molecular complexity index is 977. The van der Waals surface area contributed by atoms with Crippen molar-refractivity contribution in [2.75, 3.05) is 0 Å². The number of β-lactam (4-membered cyclic amide) rings is 1. The Morgan fingerprint density at radius 1 is 1.40 bits per heavy atom. The van der Waals surface area contributed by atoms with Crippen molar-refractivity contribution in [2.45, 2.75) is 38.1 Å². The van der Waals surface area contributed by atoms with E-state index in [-0.39, 0.29) is 48.6 Å². The van der Waals surface area contributed by atoms with Crippen LogP contribution in [0.3, 0.4) is 0 Å². The molecule has 1 N–H and O–H groups in total. The number of carbonyl (C=O) groups is 2. The molecule has 8 heteroatoms. The second-order valence-corrected chi connectivity index (χ2v) is 7.48. The van der Waals surface area contributed by atoms with Gasteiger partial charge in [-0.25, -0.2) is 9.78 Å². The monoisotopic (exact) mass is 365 g/mol. The maximum Gasteiger partial charge on any atom is 1.00 e. The van der Waals surface area contributed by atoms with Gasteiger partial charge < -0.3 is 6.53 Å². The van der Waals surface area contributed by atoms with Gasteiger partial charge in [-0.2, -0.15) is 0 Å². The number of aryl methyl sites for hydroxylation is 2. The van der Waals surface area contributed by atoms with E-state index in [9.17, 15) is 9.59 Å². The molecule has 1 unspecified atom stereocenters. The minimum Gasteiger partial charge on any atom is -1.00 e. The zero-order valence-corrected chi connectivity index (χ0v) is 16.7. The first-order valence-electron chi connectivity index (χ1n) is 8.12. The minimum atomic E-state index is -1.04. The van der Waals surface area contributed by atoms with Crippen molar-refractivity contribution < 1.29 is 45.7 Å². The second kappa shape index (κ2) is 6.09. The zero-order chi connectivity index (χ0) is 16.4. The molecule has 2 aromatic heterocycles. The van der Waals surface area contributed by atoms with E-state index in [2.05, 4.69) is 9.38 Å². The molecule has 2 aliphatic heterocycles. The van der Waals surface area contributed by atoms with Crippen LogP contribution in [0.4, 0.5) is 0 Å². The zero-order valence-electron chi connectivity index (χ0n) is 14.9. The predicted molar refractivity (Wildman–Crippen MR) is 89.8 cm³/mol. The maximum atomic E-state index is 12.3. The Balaban J connectivity index is 0.000000980. The summed E-state index contributed by atoms with van der Waals surface area (Å²) in [5, 5.41) is 9.11. The Morgan fingerprint density at radius 3 is 3.00 bits per heavy atom. The summed E-state index contributed by atoms with van der Waals surface area (Å²) in [6, 6.07) is -0.141. The number of thiazole rings is 1. The summed E-state index contributed by atoms with van der Waals surface area (Å²) in [6.45, 7) is 0. The molecule has 124 valence electrons. The maximum absolute atomic E-state index is 12.3. The fraction of sp³-hybridized carbons (Fsp3) is 0.353. The van der Waals surface area contributed by atoms with Gasteiger partial charge >= 0.3 is 35.5 Å². The van der Waals surface area contributed by atoms with Crippen molar-refractivity contribution in [1.29, 1.82) is 0 Å². The third-order valence-electron chi connectivity index (χ3n) is 5.04. The summed E-state index contributed by atoms with van der Waals surface area (Å²) in [5.74, 6) is -1.26. The van der Waals surface area contributed by atoms with Crippen molar-refractivity contribution in [3.63, 3.8) is 0 Å². The summed E-state index contributed by atoms with van der Waals surface area (Å²) in [4.78, 5) is 31.8. The third kappa shape index (κ3) is 2.44. The molecule has 1 saturated heterocycles. The van der Waals surface area contributed by atoms with E-state index in [1.165, 1.54) is 28.3 Å². The van der Waals surface area contributed by atoms with Crippen molar-refractivity contribution in [3.05, 3.63) is 39.8 Å². The van der Waals surface area contributed by atoms with E-state index in [0.717, 1.165) is 23.5 Å². The van der Waals surface area contributed by atoms with Crippen LogP contribution < -0.4 is 29.6 Å². The SMILES string of the molecule is O=C(O)C1=CCC2/C(=C\c3cn4c5c(sc4n3)CCCC5)C(=O)N12.[H-].[Na+]. The molecule has 4 heterocycles. The van der Waals surface area contributed by atoms with Crippen LogP contribution in [-0.2, 0) is 22.4 Å². The van der Waals surface area contributed by atoms with Crippen LogP contribution in [0.15, 0.2) is 23.5 Å². The molecule has 1 aliphatic carbocycles. The number of aromatic nitrogens is 2. The van der Waals surface area contributed by atoms with Crippen molar-refractivity contribution in [2.24, 2.45) is 0 Å². The number of carboxylic acids is 1. The molecule has 1 atom stereocenters. The number of carbonyl (C=O) groups excluding carboxylic acids is 1. The summed E-state index contributed by atoms with van der Waals surface area (Å²) in [6.07, 6.45) is 10.7. The molecule has 0 bridgehead atoms. The average Bonchev–Trinajstić information content (AvgIpc) is 3.22. The Kier molecular flexibility index (Phi) is 4.15. The topological polar surface area (TPSA) is 74.9 Å². The van der Waals surface area contributed by atoms with E-state index in [1.807, 2.05) is 12.3 Å². The second-order valence-electron chi connectivity index (χ2n) is 6.42. The molecule has 0 saturated carbocycles. The van der Waals surface area contributed by atoms with Gasteiger partial charge in [-0.3, -0.25) is 14.1 Å². The van der Waals surface area contributed by atoms with E-state index in [1.54, 1.807) is 17.4 Å². The molecule has 6 nitrogen and oxygen atoms in total. The summed E-state index contributed by atoms with van der Waals surface area (Å²) in [7, 11) is 0. The average molecular weight is 365 g/mol. The fourth-order valence-electron chi connectivity index (χ4n) is 3.89. The van der Waals surface area contributed by atoms with Crippen molar-refractivity contribution in [3.8, 4) is 0 Å². The van der Waals surface area contributed by atoms with Crippen LogP contribution in [0, 0.1) is 0 Å². The number of hydrogen-bond acceptors (Lipinski definition) is 4. The molecular formula is C17H16N3NaO3S. The van der Waals surface area contributed by atoms with Crippen LogP contribution >= 0.6 is 11.3 Å². The number of amides is 1. The van der Waals surface area contributed by atoms with Gasteiger partial charge in [0.15, 0.2) is 4.96 Å². The molecule has 25 heavy (non-hydrogen) atoms. The van der Waals surface area contributed by atoms with Gasteiger partial charge in [-0.05, 0) is 38.2 Å². The van der Waals surface area contributed by atoms with Crippen molar-refractivity contribution in [1.82, 2.24) is 14.3 Å². The van der Waals surface area contributed by atoms with Crippen LogP contribution in [-0.4, -0.2) is 37.3 Å². The van der Waals surface area contributed by atoms with Crippen molar-refractivity contribution >= 4 is 34.3 Å². The van der Waals surface area contributed by atoms with E-state index >= 15 is 0 Å². The normalized spacial score (nSPS) is 23.1. The van der Waals surface area contributed by atoms with Crippen LogP contribution in [0.1, 0.15) is 37.0 Å². The van der Waals surface area contributed by atoms with Gasteiger partial charge in [-0.15, -0.1) is 11.3 Å². The molecule has 2 aromatic rings. The number of nitrogens with zero attached hydrogens (tertiary/aromatic N) is 3. The number of hydrogen-bond donors (Lipinski definition) is 1. The molecular weight excluding hydrogens is 349 g/mol. The molecule has 1 fully saturated rings. The number of carboxylic acid groups (broad SMARTS) is 1. The number of aliphatic carboxylic acids is 1. The Morgan fingerprint density at radius 2 is 2.20 bits per heavy atom. The quantitative estimate of drug-likeness (QED) is 0.436. The van der Waals surface area contributed by atoms with E-state index in [0.29, 0.717) is 12.0 Å². The van der Waals surface area contributed by atoms with Gasteiger partial charge in [0, 0.05) is 22.3 Å². The van der Waals surface area contributed by atoms with Gasteiger partial charge in [0.1, 0.15) is 5.70 Å². The first kappa shape index (κ1) is 17.0. The Labute approximate surface area is 171 Å². The predicted octanol–water partition coefficient (Wildman–Crippen LogP) is -0.642. The largest absolute Gasteiger partial charge is 1.00 e. The molecule has 5 rings (SSSR count). The number of rotatable bonds is 2. The van der Waals surface area contributed by atoms with Gasteiger partial charge in [0.25, 0.3) is 5.91 Å². The van der Waals surface area contributed by atoms with Gasteiger partial charge in [0.05, 0.1) is 11.7 Å². The number of fused-ring (bicyclic) bond motifs is 4. The summed E-state index contributed by atoms with van der Waals surface area (Å²) >= 11 is 1.74. The Hall–Kier alpha value is -1.41. The standard InChI is InChI=1S/C17H15N3O3S.Na.H/c21-15-10(11-5-6-13(16(22)23)20(11)15)7-9-8-19-12-3-1-2-4-14(12)24-17(19)18-9;;/h6-8,11H,1-5H2,(H,22,23);;/q;+1;-1/b10-7+;;. The van der Waals surface area contributed by atoms with Gasteiger partial charge in [-0.1, -0.05) is 6.08 Å².